The lowest BCUT2D eigenvalue weighted by Crippen LogP contribution is -2.17. The van der Waals surface area contributed by atoms with Crippen molar-refractivity contribution in [2.24, 2.45) is 5.10 Å². The summed E-state index contributed by atoms with van der Waals surface area (Å²) in [6.45, 7) is 0. The van der Waals surface area contributed by atoms with Crippen LogP contribution in [-0.4, -0.2) is 17.1 Å². The number of allylic oxidation sites excluding steroid dienone is 1. The van der Waals surface area contributed by atoms with Crippen LogP contribution in [0, 0.1) is 0 Å². The maximum Gasteiger partial charge on any atom is 0.272 e. The van der Waals surface area contributed by atoms with Crippen molar-refractivity contribution in [2.45, 2.75) is 0 Å². The van der Waals surface area contributed by atoms with Gasteiger partial charge in [0.25, 0.3) is 5.91 Å². The molecule has 0 bridgehead atoms. The molecule has 2 aromatic rings. The van der Waals surface area contributed by atoms with Crippen molar-refractivity contribution in [2.75, 3.05) is 0 Å². The number of hydrogen-bond acceptors (Lipinski definition) is 4. The largest absolute Gasteiger partial charge is 0.465 e. The SMILES string of the molecule is O=C(NN=C/C=C/c1ccco1)c1cncc(Br)c1. The van der Waals surface area contributed by atoms with Gasteiger partial charge in [0.2, 0.25) is 0 Å². The number of furan rings is 1. The molecule has 1 N–H and O–H groups in total. The Hall–Kier alpha value is -2.21. The normalized spacial score (nSPS) is 11.2. The molecule has 6 heteroatoms. The third-order valence-electron chi connectivity index (χ3n) is 2.10. The third kappa shape index (κ3) is 4.18. The van der Waals surface area contributed by atoms with E-state index < -0.39 is 0 Å². The topological polar surface area (TPSA) is 67.5 Å². The van der Waals surface area contributed by atoms with E-state index in [1.807, 2.05) is 6.07 Å². The summed E-state index contributed by atoms with van der Waals surface area (Å²) in [5.41, 5.74) is 2.83. The van der Waals surface area contributed by atoms with E-state index in [0.29, 0.717) is 11.3 Å². The first-order chi connectivity index (χ1) is 9.25. The average molecular weight is 320 g/mol. The number of nitrogens with zero attached hydrogens (tertiary/aromatic N) is 2. The second-order valence-electron chi connectivity index (χ2n) is 3.49. The van der Waals surface area contributed by atoms with Gasteiger partial charge < -0.3 is 4.42 Å². The van der Waals surface area contributed by atoms with Crippen LogP contribution < -0.4 is 5.43 Å². The maximum atomic E-state index is 11.7. The van der Waals surface area contributed by atoms with Crippen LogP contribution in [0.5, 0.6) is 0 Å². The van der Waals surface area contributed by atoms with Gasteiger partial charge in [0.15, 0.2) is 0 Å². The first-order valence-corrected chi connectivity index (χ1v) is 6.19. The van der Waals surface area contributed by atoms with Gasteiger partial charge in [0, 0.05) is 23.1 Å². The highest BCUT2D eigenvalue weighted by molar-refractivity contribution is 9.10. The fourth-order valence-corrected chi connectivity index (χ4v) is 1.63. The predicted molar refractivity (Wildman–Crippen MR) is 75.6 cm³/mol. The standard InChI is InChI=1S/C13H10BrN3O2/c14-11-7-10(8-15-9-11)13(18)17-16-5-1-3-12-4-2-6-19-12/h1-9H,(H,17,18)/b3-1+,16-5?. The van der Waals surface area contributed by atoms with Crippen LogP contribution in [0.2, 0.25) is 0 Å². The van der Waals surface area contributed by atoms with Gasteiger partial charge in [-0.1, -0.05) is 0 Å². The Morgan fingerprint density at radius 3 is 3.11 bits per heavy atom. The van der Waals surface area contributed by atoms with Gasteiger partial charge in [-0.3, -0.25) is 9.78 Å². The molecule has 0 saturated heterocycles. The molecular formula is C13H10BrN3O2. The second-order valence-corrected chi connectivity index (χ2v) is 4.40. The first-order valence-electron chi connectivity index (χ1n) is 5.40. The van der Waals surface area contributed by atoms with E-state index in [1.54, 1.807) is 36.7 Å². The summed E-state index contributed by atoms with van der Waals surface area (Å²) < 4.78 is 5.83. The van der Waals surface area contributed by atoms with E-state index in [-0.39, 0.29) is 5.91 Å². The lowest BCUT2D eigenvalue weighted by molar-refractivity contribution is 0.0954. The second kappa shape index (κ2) is 6.65. The molecule has 0 aromatic carbocycles. The minimum absolute atomic E-state index is 0.323. The summed E-state index contributed by atoms with van der Waals surface area (Å²) in [5, 5.41) is 3.78. The molecule has 19 heavy (non-hydrogen) atoms. The molecule has 96 valence electrons. The number of nitrogens with one attached hydrogen (secondary N) is 1. The summed E-state index contributed by atoms with van der Waals surface area (Å²) in [4.78, 5) is 15.6. The zero-order chi connectivity index (χ0) is 13.5. The molecule has 0 unspecified atom stereocenters. The van der Waals surface area contributed by atoms with Gasteiger partial charge in [-0.15, -0.1) is 0 Å². The Morgan fingerprint density at radius 1 is 1.47 bits per heavy atom. The smallest absolute Gasteiger partial charge is 0.272 e. The van der Waals surface area contributed by atoms with Crippen LogP contribution in [0.1, 0.15) is 16.1 Å². The van der Waals surface area contributed by atoms with E-state index in [4.69, 9.17) is 4.42 Å². The number of hydrazone groups is 1. The molecule has 5 nitrogen and oxygen atoms in total. The molecule has 1 amide bonds. The van der Waals surface area contributed by atoms with Crippen molar-refractivity contribution < 1.29 is 9.21 Å². The van der Waals surface area contributed by atoms with Crippen LogP contribution in [0.25, 0.3) is 6.08 Å². The molecule has 0 fully saturated rings. The van der Waals surface area contributed by atoms with Crippen molar-refractivity contribution in [3.8, 4) is 0 Å². The van der Waals surface area contributed by atoms with Crippen LogP contribution >= 0.6 is 15.9 Å². The van der Waals surface area contributed by atoms with E-state index in [0.717, 1.165) is 4.47 Å². The summed E-state index contributed by atoms with van der Waals surface area (Å²) in [6.07, 6.45) is 9.51. The van der Waals surface area contributed by atoms with Gasteiger partial charge in [0.1, 0.15) is 5.76 Å². The monoisotopic (exact) mass is 319 g/mol. The summed E-state index contributed by atoms with van der Waals surface area (Å²) >= 11 is 3.24. The minimum Gasteiger partial charge on any atom is -0.465 e. The molecular weight excluding hydrogens is 310 g/mol. The highest BCUT2D eigenvalue weighted by atomic mass is 79.9. The van der Waals surface area contributed by atoms with Gasteiger partial charge >= 0.3 is 0 Å². The average Bonchev–Trinajstić information content (AvgIpc) is 2.91. The van der Waals surface area contributed by atoms with Crippen molar-refractivity contribution in [1.82, 2.24) is 10.4 Å². The maximum absolute atomic E-state index is 11.7. The number of halogens is 1. The van der Waals surface area contributed by atoms with Crippen LogP contribution in [0.4, 0.5) is 0 Å². The highest BCUT2D eigenvalue weighted by Crippen LogP contribution is 2.09. The Bertz CT molecular complexity index is 606. The zero-order valence-corrected chi connectivity index (χ0v) is 11.4. The molecule has 2 aromatic heterocycles. The quantitative estimate of drug-likeness (QED) is 0.696. The lowest BCUT2D eigenvalue weighted by atomic mass is 10.3. The van der Waals surface area contributed by atoms with Crippen LogP contribution in [-0.2, 0) is 0 Å². The van der Waals surface area contributed by atoms with E-state index >= 15 is 0 Å². The van der Waals surface area contributed by atoms with Crippen LogP contribution in [0.3, 0.4) is 0 Å². The summed E-state index contributed by atoms with van der Waals surface area (Å²) in [7, 11) is 0. The fraction of sp³-hybridized carbons (Fsp3) is 0. The Morgan fingerprint density at radius 2 is 2.37 bits per heavy atom. The van der Waals surface area contributed by atoms with Crippen molar-refractivity contribution in [3.05, 3.63) is 58.7 Å². The summed E-state index contributed by atoms with van der Waals surface area (Å²) in [5.74, 6) is 0.394. The van der Waals surface area contributed by atoms with Crippen LogP contribution in [0.15, 0.2) is 56.9 Å². The van der Waals surface area contributed by atoms with Gasteiger partial charge in [-0.05, 0) is 46.3 Å². The van der Waals surface area contributed by atoms with Gasteiger partial charge in [0.05, 0.1) is 11.8 Å². The number of pyridine rings is 1. The van der Waals surface area contributed by atoms with Gasteiger partial charge in [-0.2, -0.15) is 5.10 Å². The molecule has 0 radical (unpaired) electrons. The molecule has 0 aliphatic heterocycles. The molecule has 0 spiro atoms. The van der Waals surface area contributed by atoms with E-state index in [1.165, 1.54) is 12.4 Å². The highest BCUT2D eigenvalue weighted by Gasteiger charge is 2.04. The number of aromatic nitrogens is 1. The van der Waals surface area contributed by atoms with E-state index in [2.05, 4.69) is 31.4 Å². The van der Waals surface area contributed by atoms with Crippen molar-refractivity contribution in [1.29, 1.82) is 0 Å². The van der Waals surface area contributed by atoms with E-state index in [9.17, 15) is 4.79 Å². The number of carbonyl (C=O) groups excluding carboxylic acids is 1. The first kappa shape index (κ1) is 13.2. The summed E-state index contributed by atoms with van der Waals surface area (Å²) in [6, 6.07) is 5.27. The third-order valence-corrected chi connectivity index (χ3v) is 2.53. The molecule has 0 aliphatic carbocycles. The van der Waals surface area contributed by atoms with Crippen molar-refractivity contribution >= 4 is 34.1 Å². The van der Waals surface area contributed by atoms with Gasteiger partial charge in [-0.25, -0.2) is 5.43 Å². The lowest BCUT2D eigenvalue weighted by Gasteiger charge is -1.98. The number of rotatable bonds is 4. The number of hydrogen-bond donors (Lipinski definition) is 1. The molecule has 2 rings (SSSR count). The van der Waals surface area contributed by atoms with Crippen molar-refractivity contribution in [3.63, 3.8) is 0 Å². The minimum atomic E-state index is -0.323. The Labute approximate surface area is 118 Å². The molecule has 2 heterocycles. The zero-order valence-electron chi connectivity index (χ0n) is 9.79. The predicted octanol–water partition coefficient (Wildman–Crippen LogP) is 2.87. The number of carbonyl (C=O) groups is 1. The Kier molecular flexibility index (Phi) is 4.63. The molecule has 0 atom stereocenters. The number of amides is 1. The molecule has 0 aliphatic rings. The fourth-order valence-electron chi connectivity index (χ4n) is 1.26. The Balaban J connectivity index is 1.87. The molecule has 0 saturated carbocycles.